The molecule has 74 valence electrons. The maximum Gasteiger partial charge on any atom is 0.324 e. The second-order valence-electron chi connectivity index (χ2n) is 3.07. The summed E-state index contributed by atoms with van der Waals surface area (Å²) in [6.07, 6.45) is 1.76. The fraction of sp³-hybridized carbons (Fsp3) is 0.375. The van der Waals surface area contributed by atoms with Crippen LogP contribution in [0.2, 0.25) is 0 Å². The van der Waals surface area contributed by atoms with Gasteiger partial charge in [-0.2, -0.15) is 0 Å². The highest BCUT2D eigenvalue weighted by Gasteiger charge is 2.26. The van der Waals surface area contributed by atoms with Gasteiger partial charge in [-0.25, -0.2) is 9.78 Å². The van der Waals surface area contributed by atoms with Crippen LogP contribution in [0.4, 0.5) is 4.79 Å². The summed E-state index contributed by atoms with van der Waals surface area (Å²) < 4.78 is 0. The number of rotatable bonds is 2. The first-order valence-corrected chi connectivity index (χ1v) is 4.97. The van der Waals surface area contributed by atoms with E-state index in [1.54, 1.807) is 6.20 Å². The van der Waals surface area contributed by atoms with E-state index in [-0.39, 0.29) is 18.5 Å². The molecule has 3 amide bonds. The maximum absolute atomic E-state index is 11.2. The fourth-order valence-corrected chi connectivity index (χ4v) is 2.05. The molecule has 0 bridgehead atoms. The number of nitrogens with zero attached hydrogens (tertiary/aromatic N) is 2. The van der Waals surface area contributed by atoms with Crippen LogP contribution in [0.15, 0.2) is 6.20 Å². The van der Waals surface area contributed by atoms with Gasteiger partial charge in [-0.15, -0.1) is 11.3 Å². The molecule has 0 spiro atoms. The lowest BCUT2D eigenvalue weighted by Gasteiger charge is -2.09. The molecule has 1 saturated heterocycles. The molecule has 1 aromatic rings. The number of carbonyl (C=O) groups excluding carboxylic acids is 2. The summed E-state index contributed by atoms with van der Waals surface area (Å²) in [4.78, 5) is 28.7. The zero-order chi connectivity index (χ0) is 10.1. The minimum atomic E-state index is -0.331. The molecule has 2 heterocycles. The fourth-order valence-electron chi connectivity index (χ4n) is 1.25. The monoisotopic (exact) mass is 211 g/mol. The second kappa shape index (κ2) is 3.38. The van der Waals surface area contributed by atoms with Crippen LogP contribution in [-0.2, 0) is 11.3 Å². The van der Waals surface area contributed by atoms with E-state index in [4.69, 9.17) is 0 Å². The van der Waals surface area contributed by atoms with Crippen LogP contribution in [0, 0.1) is 6.92 Å². The van der Waals surface area contributed by atoms with E-state index in [9.17, 15) is 9.59 Å². The molecule has 2 rings (SSSR count). The van der Waals surface area contributed by atoms with E-state index in [0.29, 0.717) is 6.54 Å². The van der Waals surface area contributed by atoms with E-state index >= 15 is 0 Å². The number of hydrogen-bond donors (Lipinski definition) is 1. The minimum Gasteiger partial charge on any atom is -0.308 e. The van der Waals surface area contributed by atoms with Crippen LogP contribution in [0.1, 0.15) is 9.88 Å². The average molecular weight is 211 g/mol. The van der Waals surface area contributed by atoms with E-state index < -0.39 is 0 Å². The van der Waals surface area contributed by atoms with Gasteiger partial charge in [0.2, 0.25) is 5.91 Å². The lowest BCUT2D eigenvalue weighted by atomic mass is 10.5. The molecule has 0 saturated carbocycles. The Morgan fingerprint density at radius 1 is 1.64 bits per heavy atom. The molecule has 1 aliphatic rings. The first-order chi connectivity index (χ1) is 6.65. The molecule has 0 aromatic carbocycles. The molecule has 0 aliphatic carbocycles. The molecule has 5 nitrogen and oxygen atoms in total. The smallest absolute Gasteiger partial charge is 0.308 e. The molecule has 14 heavy (non-hydrogen) atoms. The molecule has 6 heteroatoms. The summed E-state index contributed by atoms with van der Waals surface area (Å²) in [5.74, 6) is -0.247. The largest absolute Gasteiger partial charge is 0.324 e. The summed E-state index contributed by atoms with van der Waals surface area (Å²) >= 11 is 1.53. The molecule has 0 radical (unpaired) electrons. The molecular formula is C8H9N3O2S. The average Bonchev–Trinajstić information content (AvgIpc) is 2.61. The lowest BCUT2D eigenvalue weighted by molar-refractivity contribution is -0.118. The number of urea groups is 1. The van der Waals surface area contributed by atoms with Crippen molar-refractivity contribution in [3.8, 4) is 0 Å². The van der Waals surface area contributed by atoms with Crippen LogP contribution >= 0.6 is 11.3 Å². The van der Waals surface area contributed by atoms with Crippen LogP contribution in [0.25, 0.3) is 0 Å². The highest BCUT2D eigenvalue weighted by atomic mass is 32.1. The first kappa shape index (κ1) is 9.14. The topological polar surface area (TPSA) is 62.3 Å². The van der Waals surface area contributed by atoms with E-state index in [1.807, 2.05) is 6.92 Å². The molecule has 0 unspecified atom stereocenters. The van der Waals surface area contributed by atoms with Crippen molar-refractivity contribution < 1.29 is 9.59 Å². The Labute approximate surface area is 84.7 Å². The van der Waals surface area contributed by atoms with Gasteiger partial charge < -0.3 is 4.90 Å². The molecule has 1 N–H and O–H groups in total. The number of aryl methyl sites for hydroxylation is 1. The standard InChI is InChI=1S/C8H9N3O2S/c1-5-2-9-7(14-5)4-11-3-6(12)10-8(11)13/h2H,3-4H2,1H3,(H,10,12,13). The Hall–Kier alpha value is -1.43. The van der Waals surface area contributed by atoms with Gasteiger partial charge in [0.15, 0.2) is 0 Å². The summed E-state index contributed by atoms with van der Waals surface area (Å²) in [6, 6.07) is -0.331. The van der Waals surface area contributed by atoms with E-state index in [0.717, 1.165) is 9.88 Å². The Morgan fingerprint density at radius 2 is 2.43 bits per heavy atom. The molecule has 1 aliphatic heterocycles. The molecule has 1 fully saturated rings. The third kappa shape index (κ3) is 1.74. The summed E-state index contributed by atoms with van der Waals surface area (Å²) in [6.45, 7) is 2.50. The van der Waals surface area contributed by atoms with Gasteiger partial charge >= 0.3 is 6.03 Å². The van der Waals surface area contributed by atoms with Crippen LogP contribution in [-0.4, -0.2) is 28.4 Å². The van der Waals surface area contributed by atoms with Gasteiger partial charge in [-0.1, -0.05) is 0 Å². The number of thiazole rings is 1. The number of imide groups is 1. The third-order valence-corrected chi connectivity index (χ3v) is 2.76. The van der Waals surface area contributed by atoms with Crippen LogP contribution in [0.5, 0.6) is 0 Å². The van der Waals surface area contributed by atoms with Gasteiger partial charge in [-0.3, -0.25) is 10.1 Å². The van der Waals surface area contributed by atoms with Crippen molar-refractivity contribution in [3.05, 3.63) is 16.1 Å². The second-order valence-corrected chi connectivity index (χ2v) is 4.39. The number of amides is 3. The predicted octanol–water partition coefficient (Wildman–Crippen LogP) is 0.503. The highest BCUT2D eigenvalue weighted by Crippen LogP contribution is 2.14. The minimum absolute atomic E-state index is 0.136. The zero-order valence-corrected chi connectivity index (χ0v) is 8.43. The van der Waals surface area contributed by atoms with Crippen molar-refractivity contribution in [2.75, 3.05) is 6.54 Å². The van der Waals surface area contributed by atoms with Crippen molar-refractivity contribution >= 4 is 23.3 Å². The van der Waals surface area contributed by atoms with E-state index in [1.165, 1.54) is 16.2 Å². The lowest BCUT2D eigenvalue weighted by Crippen LogP contribution is -2.27. The number of aromatic nitrogens is 1. The van der Waals surface area contributed by atoms with Gasteiger partial charge in [0, 0.05) is 11.1 Å². The Bertz CT molecular complexity index is 388. The quantitative estimate of drug-likeness (QED) is 0.725. The van der Waals surface area contributed by atoms with Gasteiger partial charge in [0.1, 0.15) is 11.6 Å². The molecule has 1 aromatic heterocycles. The van der Waals surface area contributed by atoms with Crippen LogP contribution < -0.4 is 5.32 Å². The van der Waals surface area contributed by atoms with Crippen molar-refractivity contribution in [1.29, 1.82) is 0 Å². The molecular weight excluding hydrogens is 202 g/mol. The first-order valence-electron chi connectivity index (χ1n) is 4.15. The van der Waals surface area contributed by atoms with Crippen LogP contribution in [0.3, 0.4) is 0 Å². The van der Waals surface area contributed by atoms with Crippen molar-refractivity contribution in [1.82, 2.24) is 15.2 Å². The molecule has 0 atom stereocenters. The Kier molecular flexibility index (Phi) is 2.20. The number of carbonyl (C=O) groups is 2. The third-order valence-electron chi connectivity index (χ3n) is 1.86. The zero-order valence-electron chi connectivity index (χ0n) is 7.61. The SMILES string of the molecule is Cc1cnc(CN2CC(=O)NC2=O)s1. The van der Waals surface area contributed by atoms with Gasteiger partial charge in [0.05, 0.1) is 6.54 Å². The summed E-state index contributed by atoms with van der Waals surface area (Å²) in [7, 11) is 0. The summed E-state index contributed by atoms with van der Waals surface area (Å²) in [5, 5.41) is 3.07. The van der Waals surface area contributed by atoms with Crippen molar-refractivity contribution in [3.63, 3.8) is 0 Å². The Morgan fingerprint density at radius 3 is 2.93 bits per heavy atom. The number of hydrogen-bond acceptors (Lipinski definition) is 4. The predicted molar refractivity (Wildman–Crippen MR) is 50.8 cm³/mol. The van der Waals surface area contributed by atoms with Gasteiger partial charge in [-0.05, 0) is 6.92 Å². The van der Waals surface area contributed by atoms with Gasteiger partial charge in [0.25, 0.3) is 0 Å². The highest BCUT2D eigenvalue weighted by molar-refractivity contribution is 7.11. The van der Waals surface area contributed by atoms with Crippen molar-refractivity contribution in [2.24, 2.45) is 0 Å². The van der Waals surface area contributed by atoms with E-state index in [2.05, 4.69) is 10.3 Å². The Balaban J connectivity index is 2.05. The normalized spacial score (nSPS) is 16.2. The summed E-state index contributed by atoms with van der Waals surface area (Å²) in [5.41, 5.74) is 0. The maximum atomic E-state index is 11.2. The van der Waals surface area contributed by atoms with Crippen molar-refractivity contribution in [2.45, 2.75) is 13.5 Å². The number of nitrogens with one attached hydrogen (secondary N) is 1.